The van der Waals surface area contributed by atoms with Gasteiger partial charge in [-0.15, -0.1) is 0 Å². The van der Waals surface area contributed by atoms with Gasteiger partial charge in [-0.25, -0.2) is 0 Å². The molecule has 0 aromatic heterocycles. The molecule has 4 aromatic rings. The first-order valence-electron chi connectivity index (χ1n) is 10.7. The van der Waals surface area contributed by atoms with E-state index < -0.39 is 0 Å². The first-order valence-corrected chi connectivity index (χ1v) is 10.7. The van der Waals surface area contributed by atoms with Gasteiger partial charge < -0.3 is 0 Å². The molecule has 0 unspecified atom stereocenters. The van der Waals surface area contributed by atoms with Crippen LogP contribution >= 0.6 is 0 Å². The zero-order valence-corrected chi connectivity index (χ0v) is 16.7. The standard InChI is InChI=1S/C30H20/c1-2-20-6-10-28-24(14-20)18-26-16-22(8-12-30(26)28)4-3-21-7-11-29-25(15-21)17-23-13-19(1)5-9-27(23)29/h1-16H,17-18H2/b2-1?,4-3?,19-1-,20-2-,21-3-,22-4-. The molecular weight excluding hydrogens is 360 g/mol. The van der Waals surface area contributed by atoms with Gasteiger partial charge in [0.05, 0.1) is 0 Å². The maximum atomic E-state index is 2.36. The van der Waals surface area contributed by atoms with Gasteiger partial charge in [0.15, 0.2) is 0 Å². The molecule has 0 saturated carbocycles. The van der Waals surface area contributed by atoms with E-state index in [4.69, 9.17) is 0 Å². The second kappa shape index (κ2) is 5.93. The average Bonchev–Trinajstić information content (AvgIpc) is 3.31. The lowest BCUT2D eigenvalue weighted by atomic mass is 10.1. The topological polar surface area (TPSA) is 0 Å². The van der Waals surface area contributed by atoms with Gasteiger partial charge in [0.1, 0.15) is 0 Å². The van der Waals surface area contributed by atoms with Gasteiger partial charge in [-0.2, -0.15) is 0 Å². The third kappa shape index (κ3) is 2.40. The molecule has 0 saturated heterocycles. The van der Waals surface area contributed by atoms with Gasteiger partial charge in [0.2, 0.25) is 0 Å². The summed E-state index contributed by atoms with van der Waals surface area (Å²) in [5.74, 6) is 0. The monoisotopic (exact) mass is 380 g/mol. The van der Waals surface area contributed by atoms with Crippen LogP contribution < -0.4 is 20.9 Å². The summed E-state index contributed by atoms with van der Waals surface area (Å²) in [5, 5.41) is 10.6. The first kappa shape index (κ1) is 16.2. The Hall–Kier alpha value is -3.64. The van der Waals surface area contributed by atoms with Gasteiger partial charge in [-0.05, 0) is 76.8 Å². The molecule has 0 spiro atoms. The van der Waals surface area contributed by atoms with Crippen LogP contribution in [0.25, 0.3) is 24.3 Å². The van der Waals surface area contributed by atoms with Crippen LogP contribution in [0.4, 0.5) is 0 Å². The zero-order valence-electron chi connectivity index (χ0n) is 16.7. The summed E-state index contributed by atoms with van der Waals surface area (Å²) in [5.41, 5.74) is 5.73. The van der Waals surface area contributed by atoms with Crippen molar-refractivity contribution in [2.45, 2.75) is 12.8 Å². The molecule has 0 aliphatic heterocycles. The van der Waals surface area contributed by atoms with Crippen molar-refractivity contribution >= 4 is 24.3 Å². The van der Waals surface area contributed by atoms with Crippen LogP contribution in [0.2, 0.25) is 0 Å². The van der Waals surface area contributed by atoms with E-state index in [2.05, 4.69) is 97.1 Å². The van der Waals surface area contributed by atoms with Crippen molar-refractivity contribution in [2.24, 2.45) is 0 Å². The Morgan fingerprint density at radius 2 is 0.600 bits per heavy atom. The minimum absolute atomic E-state index is 1.02. The highest BCUT2D eigenvalue weighted by molar-refractivity contribution is 5.63. The second-order valence-electron chi connectivity index (χ2n) is 8.69. The normalized spacial score (nSPS) is 18.7. The molecule has 3 aliphatic rings. The zero-order chi connectivity index (χ0) is 19.7. The molecule has 0 fully saturated rings. The molecule has 8 bridgehead atoms. The molecule has 30 heavy (non-hydrogen) atoms. The summed E-state index contributed by atoms with van der Waals surface area (Å²) >= 11 is 0. The van der Waals surface area contributed by atoms with E-state index in [1.807, 2.05) is 0 Å². The fourth-order valence-electron chi connectivity index (χ4n) is 5.30. The van der Waals surface area contributed by atoms with Crippen LogP contribution in [0.1, 0.15) is 22.3 Å². The Labute approximate surface area is 174 Å². The minimum Gasteiger partial charge on any atom is -0.0544 e. The summed E-state index contributed by atoms with van der Waals surface area (Å²) in [6.45, 7) is 0. The van der Waals surface area contributed by atoms with Crippen LogP contribution in [0.15, 0.2) is 72.8 Å². The van der Waals surface area contributed by atoms with Crippen molar-refractivity contribution in [3.63, 3.8) is 0 Å². The molecule has 0 atom stereocenters. The Morgan fingerprint density at radius 1 is 0.333 bits per heavy atom. The largest absolute Gasteiger partial charge is 0.0544 e. The predicted octanol–water partition coefficient (Wildman–Crippen LogP) is 2.90. The van der Waals surface area contributed by atoms with Crippen molar-refractivity contribution in [3.05, 3.63) is 137 Å². The molecule has 0 radical (unpaired) electrons. The third-order valence-corrected chi connectivity index (χ3v) is 6.80. The third-order valence-electron chi connectivity index (χ3n) is 6.80. The van der Waals surface area contributed by atoms with Gasteiger partial charge in [-0.1, -0.05) is 97.1 Å². The van der Waals surface area contributed by atoms with Gasteiger partial charge in [-0.3, -0.25) is 0 Å². The Kier molecular flexibility index (Phi) is 3.20. The molecular formula is C30H20. The number of fused-ring (bicyclic) bond motifs is 4. The maximum Gasteiger partial charge on any atom is -0.00130 e. The van der Waals surface area contributed by atoms with Crippen LogP contribution in [0.3, 0.4) is 0 Å². The summed E-state index contributed by atoms with van der Waals surface area (Å²) in [6, 6.07) is 27.6. The SMILES string of the molecule is C1=c2/ccc3c(c2)Cc2c/c(ccc2=3)=C\C=c2\ccc3c(c2)Cc2c\c(ccc2=3)=C/1. The fraction of sp³-hybridized carbons (Fsp3) is 0.0667. The van der Waals surface area contributed by atoms with E-state index in [1.54, 1.807) is 0 Å². The van der Waals surface area contributed by atoms with Crippen molar-refractivity contribution in [3.8, 4) is 0 Å². The predicted molar refractivity (Wildman–Crippen MR) is 123 cm³/mol. The fourth-order valence-corrected chi connectivity index (χ4v) is 5.30. The number of rotatable bonds is 0. The Bertz CT molecular complexity index is 1560. The Morgan fingerprint density at radius 3 is 0.867 bits per heavy atom. The van der Waals surface area contributed by atoms with Crippen LogP contribution in [0.5, 0.6) is 0 Å². The highest BCUT2D eigenvalue weighted by Gasteiger charge is 2.10. The number of hydrogen-bond donors (Lipinski definition) is 0. The van der Waals surface area contributed by atoms with Gasteiger partial charge in [0.25, 0.3) is 0 Å². The highest BCUT2D eigenvalue weighted by Crippen LogP contribution is 2.19. The van der Waals surface area contributed by atoms with Crippen molar-refractivity contribution in [1.29, 1.82) is 0 Å². The Balaban J connectivity index is 1.62. The quantitative estimate of drug-likeness (QED) is 0.380. The van der Waals surface area contributed by atoms with Gasteiger partial charge >= 0.3 is 0 Å². The van der Waals surface area contributed by atoms with Crippen LogP contribution in [-0.4, -0.2) is 0 Å². The van der Waals surface area contributed by atoms with Crippen molar-refractivity contribution < 1.29 is 0 Å². The minimum atomic E-state index is 1.02. The lowest BCUT2D eigenvalue weighted by Crippen LogP contribution is -2.05. The summed E-state index contributed by atoms with van der Waals surface area (Å²) in [6.07, 6.45) is 11.0. The average molecular weight is 380 g/mol. The van der Waals surface area contributed by atoms with E-state index in [9.17, 15) is 0 Å². The van der Waals surface area contributed by atoms with E-state index in [0.29, 0.717) is 0 Å². The number of hydrogen-bond acceptors (Lipinski definition) is 0. The number of benzene rings is 4. The second-order valence-corrected chi connectivity index (χ2v) is 8.69. The van der Waals surface area contributed by atoms with Gasteiger partial charge in [0, 0.05) is 0 Å². The van der Waals surface area contributed by atoms with E-state index in [1.165, 1.54) is 64.0 Å². The van der Waals surface area contributed by atoms with Crippen molar-refractivity contribution in [1.82, 2.24) is 0 Å². The van der Waals surface area contributed by atoms with E-state index >= 15 is 0 Å². The van der Waals surface area contributed by atoms with Crippen LogP contribution in [-0.2, 0) is 12.8 Å². The van der Waals surface area contributed by atoms with E-state index in [0.717, 1.165) is 12.8 Å². The van der Waals surface area contributed by atoms with Crippen LogP contribution in [0, 0.1) is 20.9 Å². The molecule has 0 N–H and O–H groups in total. The van der Waals surface area contributed by atoms with E-state index in [-0.39, 0.29) is 0 Å². The molecule has 3 aliphatic carbocycles. The molecule has 140 valence electrons. The summed E-state index contributed by atoms with van der Waals surface area (Å²) in [4.78, 5) is 0. The smallest absolute Gasteiger partial charge is 0.00130 e. The molecule has 0 nitrogen and oxygen atoms in total. The lowest BCUT2D eigenvalue weighted by molar-refractivity contribution is 1.22. The first-order chi connectivity index (χ1) is 14.8. The summed E-state index contributed by atoms with van der Waals surface area (Å²) in [7, 11) is 0. The maximum absolute atomic E-state index is 2.36. The summed E-state index contributed by atoms with van der Waals surface area (Å²) < 4.78 is 0. The molecule has 7 rings (SSSR count). The molecule has 4 aromatic carbocycles. The van der Waals surface area contributed by atoms with Crippen molar-refractivity contribution in [2.75, 3.05) is 0 Å². The lowest BCUT2D eigenvalue weighted by Gasteiger charge is -1.97. The molecule has 0 heterocycles. The molecule has 0 amide bonds. The highest BCUT2D eigenvalue weighted by atomic mass is 14.1. The molecule has 0 heteroatoms.